The van der Waals surface area contributed by atoms with Gasteiger partial charge < -0.3 is 9.84 Å². The van der Waals surface area contributed by atoms with Crippen molar-refractivity contribution < 1.29 is 14.6 Å². The highest BCUT2D eigenvalue weighted by Gasteiger charge is 2.12. The summed E-state index contributed by atoms with van der Waals surface area (Å²) in [5.41, 5.74) is 0.851. The van der Waals surface area contributed by atoms with Crippen molar-refractivity contribution in [2.24, 2.45) is 0 Å². The van der Waals surface area contributed by atoms with Crippen molar-refractivity contribution in [1.82, 2.24) is 0 Å². The van der Waals surface area contributed by atoms with Crippen LogP contribution in [0.4, 0.5) is 0 Å². The molecule has 0 fully saturated rings. The third-order valence-electron chi connectivity index (χ3n) is 1.69. The lowest BCUT2D eigenvalue weighted by Crippen LogP contribution is -2.02. The smallest absolute Gasteiger partial charge is 0.339 e. The molecule has 3 nitrogen and oxygen atoms in total. The molecule has 0 aliphatic carbocycles. The van der Waals surface area contributed by atoms with Gasteiger partial charge >= 0.3 is 5.97 Å². The molecular formula is C11H15ClO3. The van der Waals surface area contributed by atoms with Crippen molar-refractivity contribution in [3.05, 3.63) is 28.3 Å². The maximum Gasteiger partial charge on any atom is 0.339 e. The molecule has 0 unspecified atom stereocenters. The van der Waals surface area contributed by atoms with E-state index in [1.807, 2.05) is 13.8 Å². The van der Waals surface area contributed by atoms with Crippen molar-refractivity contribution in [3.8, 4) is 5.75 Å². The van der Waals surface area contributed by atoms with Gasteiger partial charge in [0, 0.05) is 0 Å². The van der Waals surface area contributed by atoms with Gasteiger partial charge in [-0.25, -0.2) is 4.79 Å². The molecule has 0 saturated heterocycles. The summed E-state index contributed by atoms with van der Waals surface area (Å²) in [6.07, 6.45) is 0. The average Bonchev–Trinajstić information content (AvgIpc) is 2.25. The van der Waals surface area contributed by atoms with Crippen molar-refractivity contribution in [1.29, 1.82) is 0 Å². The summed E-state index contributed by atoms with van der Waals surface area (Å²) in [5, 5.41) is 9.43. The molecule has 0 bridgehead atoms. The summed E-state index contributed by atoms with van der Waals surface area (Å²) in [6.45, 7) is 5.68. The van der Waals surface area contributed by atoms with E-state index in [4.69, 9.17) is 11.6 Å². The standard InChI is InChI=1S/C9H9ClO3.C2H6/c1-5-3-6(9(12)13-2)7(10)4-8(5)11;1-2/h3-4,11H,1-2H3;1-2H3. The molecule has 0 saturated carbocycles. The van der Waals surface area contributed by atoms with Crippen LogP contribution in [0.1, 0.15) is 29.8 Å². The van der Waals surface area contributed by atoms with E-state index in [1.165, 1.54) is 19.2 Å². The summed E-state index contributed by atoms with van der Waals surface area (Å²) in [4.78, 5) is 11.1. The van der Waals surface area contributed by atoms with Crippen molar-refractivity contribution in [2.45, 2.75) is 20.8 Å². The molecule has 15 heavy (non-hydrogen) atoms. The number of hydrogen-bond donors (Lipinski definition) is 1. The Kier molecular flexibility index (Phi) is 5.79. The average molecular weight is 231 g/mol. The molecule has 4 heteroatoms. The Labute approximate surface area is 94.6 Å². The number of rotatable bonds is 1. The van der Waals surface area contributed by atoms with Crippen LogP contribution in [0, 0.1) is 6.92 Å². The number of methoxy groups -OCH3 is 1. The van der Waals surface area contributed by atoms with E-state index in [1.54, 1.807) is 6.92 Å². The third kappa shape index (κ3) is 3.44. The summed E-state index contributed by atoms with van der Waals surface area (Å²) in [7, 11) is 1.28. The zero-order valence-corrected chi connectivity index (χ0v) is 10.1. The van der Waals surface area contributed by atoms with Crippen LogP contribution in [0.3, 0.4) is 0 Å². The Balaban J connectivity index is 0.000000921. The highest BCUT2D eigenvalue weighted by molar-refractivity contribution is 6.33. The van der Waals surface area contributed by atoms with Gasteiger partial charge in [-0.15, -0.1) is 0 Å². The molecule has 0 radical (unpaired) electrons. The van der Waals surface area contributed by atoms with E-state index < -0.39 is 5.97 Å². The van der Waals surface area contributed by atoms with E-state index in [0.717, 1.165) is 0 Å². The zero-order chi connectivity index (χ0) is 12.0. The summed E-state index contributed by atoms with van der Waals surface area (Å²) in [5.74, 6) is -0.439. The maximum atomic E-state index is 11.1. The number of esters is 1. The highest BCUT2D eigenvalue weighted by atomic mass is 35.5. The van der Waals surface area contributed by atoms with Crippen LogP contribution in [0.5, 0.6) is 5.75 Å². The highest BCUT2D eigenvalue weighted by Crippen LogP contribution is 2.25. The lowest BCUT2D eigenvalue weighted by molar-refractivity contribution is 0.0601. The molecule has 1 rings (SSSR count). The Morgan fingerprint density at radius 2 is 1.93 bits per heavy atom. The molecular weight excluding hydrogens is 216 g/mol. The van der Waals surface area contributed by atoms with Crippen LogP contribution in [0.15, 0.2) is 12.1 Å². The van der Waals surface area contributed by atoms with Crippen molar-refractivity contribution in [2.75, 3.05) is 7.11 Å². The summed E-state index contributed by atoms with van der Waals surface area (Å²) < 4.78 is 4.51. The van der Waals surface area contributed by atoms with E-state index >= 15 is 0 Å². The monoisotopic (exact) mass is 230 g/mol. The second-order valence-corrected chi connectivity index (χ2v) is 3.02. The molecule has 0 heterocycles. The molecule has 1 aromatic carbocycles. The molecule has 0 aliphatic heterocycles. The SMILES string of the molecule is CC.COC(=O)c1cc(C)c(O)cc1Cl. The third-order valence-corrected chi connectivity index (χ3v) is 2.00. The minimum Gasteiger partial charge on any atom is -0.508 e. The number of carbonyl (C=O) groups excluding carboxylic acids is 1. The van der Waals surface area contributed by atoms with Gasteiger partial charge in [0.15, 0.2) is 0 Å². The fourth-order valence-electron chi connectivity index (χ4n) is 0.937. The number of benzene rings is 1. The molecule has 0 atom stereocenters. The number of hydrogen-bond acceptors (Lipinski definition) is 3. The van der Waals surface area contributed by atoms with Crippen LogP contribution < -0.4 is 0 Å². The Hall–Kier alpha value is -1.22. The van der Waals surface area contributed by atoms with Gasteiger partial charge in [-0.05, 0) is 24.6 Å². The Bertz CT molecular complexity index is 348. The largest absolute Gasteiger partial charge is 0.508 e. The zero-order valence-electron chi connectivity index (χ0n) is 9.30. The molecule has 1 N–H and O–H groups in total. The number of ether oxygens (including phenoxy) is 1. The number of phenols is 1. The van der Waals surface area contributed by atoms with Crippen molar-refractivity contribution >= 4 is 17.6 Å². The number of aromatic hydroxyl groups is 1. The van der Waals surface area contributed by atoms with Gasteiger partial charge in [0.25, 0.3) is 0 Å². The van der Waals surface area contributed by atoms with Crippen LogP contribution in [0.2, 0.25) is 5.02 Å². The van der Waals surface area contributed by atoms with Crippen LogP contribution in [-0.2, 0) is 4.74 Å². The first kappa shape index (κ1) is 13.8. The lowest BCUT2D eigenvalue weighted by atomic mass is 10.1. The van der Waals surface area contributed by atoms with Crippen molar-refractivity contribution in [3.63, 3.8) is 0 Å². The Morgan fingerprint density at radius 3 is 2.40 bits per heavy atom. The lowest BCUT2D eigenvalue weighted by Gasteiger charge is -2.04. The first-order chi connectivity index (χ1) is 7.06. The summed E-state index contributed by atoms with van der Waals surface area (Å²) in [6, 6.07) is 2.81. The molecule has 0 spiro atoms. The van der Waals surface area contributed by atoms with Gasteiger partial charge in [-0.1, -0.05) is 25.4 Å². The minimum atomic E-state index is -0.506. The molecule has 0 amide bonds. The fourth-order valence-corrected chi connectivity index (χ4v) is 1.17. The summed E-state index contributed by atoms with van der Waals surface area (Å²) >= 11 is 5.71. The van der Waals surface area contributed by atoms with Crippen LogP contribution in [0.25, 0.3) is 0 Å². The molecule has 1 aromatic rings. The van der Waals surface area contributed by atoms with Gasteiger partial charge in [0.05, 0.1) is 17.7 Å². The minimum absolute atomic E-state index is 0.0673. The predicted molar refractivity (Wildman–Crippen MR) is 60.5 cm³/mol. The molecule has 0 aliphatic rings. The molecule has 84 valence electrons. The molecule has 0 aromatic heterocycles. The first-order valence-electron chi connectivity index (χ1n) is 4.63. The van der Waals surface area contributed by atoms with Gasteiger partial charge in [-0.2, -0.15) is 0 Å². The predicted octanol–water partition coefficient (Wildman–Crippen LogP) is 3.17. The number of phenolic OH excluding ortho intramolecular Hbond substituents is 1. The van der Waals surface area contributed by atoms with Gasteiger partial charge in [0.2, 0.25) is 0 Å². The second-order valence-electron chi connectivity index (χ2n) is 2.61. The Morgan fingerprint density at radius 1 is 1.40 bits per heavy atom. The number of aryl methyl sites for hydroxylation is 1. The topological polar surface area (TPSA) is 46.5 Å². The quantitative estimate of drug-likeness (QED) is 0.754. The van der Waals surface area contributed by atoms with Gasteiger partial charge in [0.1, 0.15) is 5.75 Å². The fraction of sp³-hybridized carbons (Fsp3) is 0.364. The van der Waals surface area contributed by atoms with Crippen LogP contribution >= 0.6 is 11.6 Å². The van der Waals surface area contributed by atoms with E-state index in [0.29, 0.717) is 5.56 Å². The maximum absolute atomic E-state index is 11.1. The number of halogens is 1. The van der Waals surface area contributed by atoms with E-state index in [9.17, 15) is 9.90 Å². The van der Waals surface area contributed by atoms with Crippen LogP contribution in [-0.4, -0.2) is 18.2 Å². The number of carbonyl (C=O) groups is 1. The normalized spacial score (nSPS) is 8.87. The van der Waals surface area contributed by atoms with E-state index in [-0.39, 0.29) is 16.3 Å². The first-order valence-corrected chi connectivity index (χ1v) is 5.01. The van der Waals surface area contributed by atoms with Gasteiger partial charge in [-0.3, -0.25) is 0 Å². The van der Waals surface area contributed by atoms with E-state index in [2.05, 4.69) is 4.74 Å². The second kappa shape index (κ2) is 6.30.